The van der Waals surface area contributed by atoms with Gasteiger partial charge in [-0.15, -0.1) is 0 Å². The fourth-order valence-electron chi connectivity index (χ4n) is 3.07. The molecule has 0 radical (unpaired) electrons. The highest BCUT2D eigenvalue weighted by Gasteiger charge is 2.41. The van der Waals surface area contributed by atoms with Crippen LogP contribution >= 0.6 is 0 Å². The molecule has 1 aromatic carbocycles. The van der Waals surface area contributed by atoms with Crippen molar-refractivity contribution in [3.05, 3.63) is 53.8 Å². The zero-order chi connectivity index (χ0) is 19.4. The molecule has 1 aromatic heterocycles. The van der Waals surface area contributed by atoms with Gasteiger partial charge in [0.15, 0.2) is 0 Å². The van der Waals surface area contributed by atoms with Crippen LogP contribution < -0.4 is 5.32 Å². The molecule has 9 heteroatoms. The molecule has 0 bridgehead atoms. The highest BCUT2D eigenvalue weighted by molar-refractivity contribution is 7.89. The average molecular weight is 392 g/mol. The number of amides is 1. The van der Waals surface area contributed by atoms with Crippen molar-refractivity contribution in [1.82, 2.24) is 9.62 Å². The smallest absolute Gasteiger partial charge is 0.371 e. The molecular formula is C18H20N2O6S. The summed E-state index contributed by atoms with van der Waals surface area (Å²) >= 11 is 0. The third-order valence-corrected chi connectivity index (χ3v) is 6.20. The molecular weight excluding hydrogens is 372 g/mol. The molecule has 1 aliphatic rings. The lowest BCUT2D eigenvalue weighted by atomic mass is 10.1. The maximum absolute atomic E-state index is 12.7. The van der Waals surface area contributed by atoms with Crippen LogP contribution in [-0.4, -0.2) is 48.8 Å². The Morgan fingerprint density at radius 2 is 1.93 bits per heavy atom. The number of carboxylic acid groups (broad SMARTS) is 1. The minimum atomic E-state index is -4.08. The summed E-state index contributed by atoms with van der Waals surface area (Å²) in [5.41, 5.74) is 1.07. The molecule has 2 heterocycles. The first-order valence-corrected chi connectivity index (χ1v) is 10.0. The van der Waals surface area contributed by atoms with Gasteiger partial charge in [-0.2, -0.15) is 4.31 Å². The fourth-order valence-corrected chi connectivity index (χ4v) is 4.64. The van der Waals surface area contributed by atoms with Gasteiger partial charge in [0.25, 0.3) is 10.0 Å². The van der Waals surface area contributed by atoms with Gasteiger partial charge in [-0.05, 0) is 37.0 Å². The summed E-state index contributed by atoms with van der Waals surface area (Å²) in [6.45, 7) is 0.583. The lowest BCUT2D eigenvalue weighted by molar-refractivity contribution is -0.124. The van der Waals surface area contributed by atoms with Crippen molar-refractivity contribution in [2.75, 3.05) is 13.1 Å². The van der Waals surface area contributed by atoms with Crippen molar-refractivity contribution >= 4 is 21.9 Å². The summed E-state index contributed by atoms with van der Waals surface area (Å²) in [7, 11) is -4.08. The highest BCUT2D eigenvalue weighted by atomic mass is 32.2. The lowest BCUT2D eigenvalue weighted by Gasteiger charge is -2.22. The summed E-state index contributed by atoms with van der Waals surface area (Å²) < 4.78 is 31.5. The average Bonchev–Trinajstić information content (AvgIpc) is 3.33. The van der Waals surface area contributed by atoms with Gasteiger partial charge in [-0.25, -0.2) is 13.2 Å². The minimum absolute atomic E-state index is 0.183. The number of sulfonamides is 1. The number of aromatic carboxylic acids is 1. The van der Waals surface area contributed by atoms with Crippen molar-refractivity contribution < 1.29 is 27.5 Å². The largest absolute Gasteiger partial charge is 0.475 e. The van der Waals surface area contributed by atoms with E-state index in [4.69, 9.17) is 9.52 Å². The van der Waals surface area contributed by atoms with Gasteiger partial charge in [0, 0.05) is 13.1 Å². The highest BCUT2D eigenvalue weighted by Crippen LogP contribution is 2.27. The van der Waals surface area contributed by atoms with E-state index in [-0.39, 0.29) is 12.5 Å². The maximum atomic E-state index is 12.7. The summed E-state index contributed by atoms with van der Waals surface area (Å²) in [6.07, 6.45) is 1.59. The molecule has 3 rings (SSSR count). The van der Waals surface area contributed by atoms with Crippen LogP contribution in [0, 0.1) is 0 Å². The van der Waals surface area contributed by atoms with E-state index >= 15 is 0 Å². The molecule has 144 valence electrons. The monoisotopic (exact) mass is 392 g/mol. The predicted molar refractivity (Wildman–Crippen MR) is 95.7 cm³/mol. The number of furan rings is 1. The van der Waals surface area contributed by atoms with Gasteiger partial charge in [0.05, 0.1) is 0 Å². The first-order valence-electron chi connectivity index (χ1n) is 8.56. The number of hydrogen-bond acceptors (Lipinski definition) is 5. The van der Waals surface area contributed by atoms with E-state index in [1.54, 1.807) is 0 Å². The molecule has 1 unspecified atom stereocenters. The lowest BCUT2D eigenvalue weighted by Crippen LogP contribution is -2.46. The molecule has 8 nitrogen and oxygen atoms in total. The van der Waals surface area contributed by atoms with Gasteiger partial charge >= 0.3 is 5.97 Å². The molecule has 1 fully saturated rings. The van der Waals surface area contributed by atoms with Gasteiger partial charge in [-0.3, -0.25) is 4.79 Å². The Balaban J connectivity index is 1.66. The predicted octanol–water partition coefficient (Wildman–Crippen LogP) is 1.49. The standard InChI is InChI=1S/C18H20N2O6S/c21-17(19-11-10-13-5-2-1-3-6-13)14-7-4-12-20(14)27(24,25)16-9-8-15(26-16)18(22)23/h1-3,5-6,8-9,14H,4,7,10-12H2,(H,19,21)(H,22,23). The Bertz CT molecular complexity index is 922. The molecule has 1 atom stereocenters. The molecule has 1 aliphatic heterocycles. The van der Waals surface area contributed by atoms with E-state index in [1.807, 2.05) is 30.3 Å². The molecule has 1 amide bonds. The minimum Gasteiger partial charge on any atom is -0.475 e. The van der Waals surface area contributed by atoms with Crippen LogP contribution in [0.25, 0.3) is 0 Å². The van der Waals surface area contributed by atoms with E-state index in [1.165, 1.54) is 0 Å². The zero-order valence-electron chi connectivity index (χ0n) is 14.5. The van der Waals surface area contributed by atoms with Gasteiger partial charge in [0.1, 0.15) is 6.04 Å². The number of nitrogens with zero attached hydrogens (tertiary/aromatic N) is 1. The number of benzene rings is 1. The van der Waals surface area contributed by atoms with Crippen LogP contribution in [-0.2, 0) is 21.2 Å². The normalized spacial score (nSPS) is 17.7. The molecule has 27 heavy (non-hydrogen) atoms. The first kappa shape index (κ1) is 19.1. The first-order chi connectivity index (χ1) is 12.9. The molecule has 0 aliphatic carbocycles. The van der Waals surface area contributed by atoms with Crippen LogP contribution in [0.5, 0.6) is 0 Å². The Kier molecular flexibility index (Phi) is 5.62. The molecule has 1 saturated heterocycles. The van der Waals surface area contributed by atoms with Crippen molar-refractivity contribution in [3.8, 4) is 0 Å². The Hall–Kier alpha value is -2.65. The van der Waals surface area contributed by atoms with E-state index in [2.05, 4.69) is 5.32 Å². The summed E-state index contributed by atoms with van der Waals surface area (Å²) in [6, 6.07) is 11.0. The summed E-state index contributed by atoms with van der Waals surface area (Å²) in [5.74, 6) is -2.18. The quantitative estimate of drug-likeness (QED) is 0.737. The van der Waals surface area contributed by atoms with Crippen LogP contribution in [0.2, 0.25) is 0 Å². The van der Waals surface area contributed by atoms with Crippen molar-refractivity contribution in [2.24, 2.45) is 0 Å². The van der Waals surface area contributed by atoms with Crippen molar-refractivity contribution in [3.63, 3.8) is 0 Å². The number of carbonyl (C=O) groups excluding carboxylic acids is 1. The second kappa shape index (κ2) is 7.93. The van der Waals surface area contributed by atoms with Crippen LogP contribution in [0.3, 0.4) is 0 Å². The summed E-state index contributed by atoms with van der Waals surface area (Å²) in [5, 5.41) is 11.2. The maximum Gasteiger partial charge on any atom is 0.371 e. The number of carboxylic acids is 1. The molecule has 0 saturated carbocycles. The SMILES string of the molecule is O=C(O)c1ccc(S(=O)(=O)N2CCCC2C(=O)NCCc2ccccc2)o1. The van der Waals surface area contributed by atoms with E-state index in [0.717, 1.165) is 22.0 Å². The van der Waals surface area contributed by atoms with Gasteiger partial charge in [-0.1, -0.05) is 30.3 Å². The molecule has 2 N–H and O–H groups in total. The molecule has 0 spiro atoms. The van der Waals surface area contributed by atoms with Gasteiger partial charge in [0.2, 0.25) is 16.8 Å². The number of nitrogens with one attached hydrogen (secondary N) is 1. The second-order valence-electron chi connectivity index (χ2n) is 6.22. The van der Waals surface area contributed by atoms with Gasteiger partial charge < -0.3 is 14.8 Å². The second-order valence-corrected chi connectivity index (χ2v) is 8.05. The van der Waals surface area contributed by atoms with E-state index in [9.17, 15) is 18.0 Å². The third-order valence-electron chi connectivity index (χ3n) is 4.42. The Morgan fingerprint density at radius 3 is 2.59 bits per heavy atom. The van der Waals surface area contributed by atoms with Crippen molar-refractivity contribution in [1.29, 1.82) is 0 Å². The Morgan fingerprint density at radius 1 is 1.19 bits per heavy atom. The molecule has 2 aromatic rings. The Labute approximate surface area is 156 Å². The van der Waals surface area contributed by atoms with Crippen molar-refractivity contribution in [2.45, 2.75) is 30.4 Å². The van der Waals surface area contributed by atoms with E-state index < -0.39 is 32.9 Å². The van der Waals surface area contributed by atoms with E-state index in [0.29, 0.717) is 25.8 Å². The third kappa shape index (κ3) is 4.20. The fraction of sp³-hybridized carbons (Fsp3) is 0.333. The topological polar surface area (TPSA) is 117 Å². The van der Waals surface area contributed by atoms with Crippen LogP contribution in [0.4, 0.5) is 0 Å². The number of hydrogen-bond donors (Lipinski definition) is 2. The number of rotatable bonds is 7. The van der Waals surface area contributed by atoms with Crippen LogP contribution in [0.1, 0.15) is 29.0 Å². The van der Waals surface area contributed by atoms with Crippen LogP contribution in [0.15, 0.2) is 52.0 Å². The summed E-state index contributed by atoms with van der Waals surface area (Å²) in [4.78, 5) is 23.4. The zero-order valence-corrected chi connectivity index (χ0v) is 15.3. The number of carbonyl (C=O) groups is 2.